The molecular formula is C11H16N2S. The first-order valence-electron chi connectivity index (χ1n) is 4.77. The Bertz CT molecular complexity index is 298. The second kappa shape index (κ2) is 5.81. The van der Waals surface area contributed by atoms with Gasteiger partial charge in [-0.2, -0.15) is 0 Å². The molecule has 2 nitrogen and oxygen atoms in total. The molecule has 0 aromatic heterocycles. The van der Waals surface area contributed by atoms with Crippen LogP contribution in [0, 0.1) is 5.92 Å². The molecule has 0 aromatic carbocycles. The molecule has 0 radical (unpaired) electrons. The van der Waals surface area contributed by atoms with E-state index in [1.807, 2.05) is 11.6 Å². The predicted octanol–water partition coefficient (Wildman–Crippen LogP) is 3.28. The maximum absolute atomic E-state index is 4.22. The Kier molecular flexibility index (Phi) is 4.66. The van der Waals surface area contributed by atoms with E-state index in [0.717, 1.165) is 17.2 Å². The fourth-order valence-corrected chi connectivity index (χ4v) is 1.65. The van der Waals surface area contributed by atoms with E-state index < -0.39 is 0 Å². The van der Waals surface area contributed by atoms with Crippen molar-refractivity contribution in [1.29, 1.82) is 0 Å². The van der Waals surface area contributed by atoms with Gasteiger partial charge in [-0.25, -0.2) is 4.99 Å². The van der Waals surface area contributed by atoms with E-state index >= 15 is 0 Å². The molecule has 0 fully saturated rings. The molecule has 1 heterocycles. The summed E-state index contributed by atoms with van der Waals surface area (Å²) >= 11 is 1.57. The summed E-state index contributed by atoms with van der Waals surface area (Å²) in [5.74, 6) is 0.713. The summed E-state index contributed by atoms with van der Waals surface area (Å²) in [6, 6.07) is 0. The molecule has 0 bridgehead atoms. The molecule has 0 atom stereocenters. The fraction of sp³-hybridized carbons (Fsp3) is 0.455. The van der Waals surface area contributed by atoms with Crippen molar-refractivity contribution in [2.45, 2.75) is 20.3 Å². The van der Waals surface area contributed by atoms with Crippen molar-refractivity contribution in [3.8, 4) is 0 Å². The third-order valence-corrected chi connectivity index (χ3v) is 2.60. The smallest absolute Gasteiger partial charge is 0.122 e. The lowest BCUT2D eigenvalue weighted by atomic mass is 10.1. The standard InChI is InChI=1S/C11H16N2S/c1-9(2)6-4-5-7-10-11(12-3)14-8-13-10/h4-5,7-9H,6H2,1-3H3/b5-4-,10-7+,12-11?. The van der Waals surface area contributed by atoms with Crippen LogP contribution < -0.4 is 0 Å². The van der Waals surface area contributed by atoms with Crippen molar-refractivity contribution < 1.29 is 0 Å². The topological polar surface area (TPSA) is 24.7 Å². The average molecular weight is 208 g/mol. The lowest BCUT2D eigenvalue weighted by Gasteiger charge is -1.95. The summed E-state index contributed by atoms with van der Waals surface area (Å²) in [4.78, 5) is 8.36. The van der Waals surface area contributed by atoms with Crippen molar-refractivity contribution in [2.75, 3.05) is 7.05 Å². The van der Waals surface area contributed by atoms with Gasteiger partial charge in [-0.05, 0) is 18.4 Å². The minimum Gasteiger partial charge on any atom is -0.279 e. The fourth-order valence-electron chi connectivity index (χ4n) is 1.04. The minimum atomic E-state index is 0.713. The average Bonchev–Trinajstić information content (AvgIpc) is 2.59. The van der Waals surface area contributed by atoms with Gasteiger partial charge in [0.05, 0.1) is 11.2 Å². The van der Waals surface area contributed by atoms with Crippen LogP contribution in [0.5, 0.6) is 0 Å². The Labute approximate surface area is 89.9 Å². The Morgan fingerprint density at radius 3 is 3.00 bits per heavy atom. The summed E-state index contributed by atoms with van der Waals surface area (Å²) < 4.78 is 0. The highest BCUT2D eigenvalue weighted by atomic mass is 32.2. The second-order valence-electron chi connectivity index (χ2n) is 3.49. The molecule has 0 N–H and O–H groups in total. The molecule has 76 valence electrons. The zero-order valence-electron chi connectivity index (χ0n) is 8.90. The van der Waals surface area contributed by atoms with E-state index in [1.54, 1.807) is 18.8 Å². The SMILES string of the molecule is CN=C1SC=N/C1=C/C=C\CC(C)C. The first kappa shape index (κ1) is 11.2. The quantitative estimate of drug-likeness (QED) is 0.698. The van der Waals surface area contributed by atoms with Crippen LogP contribution in [0.2, 0.25) is 0 Å². The Morgan fingerprint density at radius 2 is 2.36 bits per heavy atom. The number of thioether (sulfide) groups is 1. The number of hydrogen-bond acceptors (Lipinski definition) is 3. The molecule has 14 heavy (non-hydrogen) atoms. The highest BCUT2D eigenvalue weighted by Gasteiger charge is 2.08. The van der Waals surface area contributed by atoms with Crippen molar-refractivity contribution >= 4 is 22.4 Å². The largest absolute Gasteiger partial charge is 0.279 e. The van der Waals surface area contributed by atoms with Crippen LogP contribution in [0.3, 0.4) is 0 Å². The van der Waals surface area contributed by atoms with Gasteiger partial charge >= 0.3 is 0 Å². The molecule has 0 aromatic rings. The van der Waals surface area contributed by atoms with Crippen molar-refractivity contribution in [3.05, 3.63) is 23.9 Å². The maximum Gasteiger partial charge on any atom is 0.122 e. The summed E-state index contributed by atoms with van der Waals surface area (Å²) in [6.07, 6.45) is 7.35. The van der Waals surface area contributed by atoms with Gasteiger partial charge in [-0.15, -0.1) is 0 Å². The third kappa shape index (κ3) is 3.50. The molecular weight excluding hydrogens is 192 g/mol. The van der Waals surface area contributed by atoms with Gasteiger partial charge in [0, 0.05) is 7.05 Å². The number of nitrogens with zero attached hydrogens (tertiary/aromatic N) is 2. The van der Waals surface area contributed by atoms with E-state index in [4.69, 9.17) is 0 Å². The van der Waals surface area contributed by atoms with Crippen LogP contribution >= 0.6 is 11.8 Å². The molecule has 0 saturated heterocycles. The van der Waals surface area contributed by atoms with E-state index in [2.05, 4.69) is 36.0 Å². The van der Waals surface area contributed by atoms with Gasteiger partial charge in [-0.1, -0.05) is 37.8 Å². The van der Waals surface area contributed by atoms with Crippen LogP contribution in [-0.2, 0) is 0 Å². The highest BCUT2D eigenvalue weighted by molar-refractivity contribution is 8.25. The first-order chi connectivity index (χ1) is 6.74. The Hall–Kier alpha value is -0.830. The van der Waals surface area contributed by atoms with E-state index in [0.29, 0.717) is 5.92 Å². The predicted molar refractivity (Wildman–Crippen MR) is 66.1 cm³/mol. The van der Waals surface area contributed by atoms with Crippen molar-refractivity contribution in [3.63, 3.8) is 0 Å². The zero-order valence-corrected chi connectivity index (χ0v) is 9.71. The molecule has 1 aliphatic rings. The third-order valence-electron chi connectivity index (χ3n) is 1.78. The molecule has 0 spiro atoms. The van der Waals surface area contributed by atoms with Gasteiger partial charge < -0.3 is 0 Å². The molecule has 0 aliphatic carbocycles. The second-order valence-corrected chi connectivity index (χ2v) is 4.32. The van der Waals surface area contributed by atoms with Gasteiger partial charge in [0.25, 0.3) is 0 Å². The number of hydrogen-bond donors (Lipinski definition) is 0. The number of allylic oxidation sites excluding steroid dienone is 3. The minimum absolute atomic E-state index is 0.713. The van der Waals surface area contributed by atoms with E-state index in [1.165, 1.54) is 0 Å². The van der Waals surface area contributed by atoms with Gasteiger partial charge in [-0.3, -0.25) is 4.99 Å². The van der Waals surface area contributed by atoms with Gasteiger partial charge in [0.2, 0.25) is 0 Å². The van der Waals surface area contributed by atoms with E-state index in [-0.39, 0.29) is 0 Å². The molecule has 3 heteroatoms. The van der Waals surface area contributed by atoms with E-state index in [9.17, 15) is 0 Å². The lowest BCUT2D eigenvalue weighted by Crippen LogP contribution is -1.88. The summed E-state index contributed by atoms with van der Waals surface area (Å²) in [5.41, 5.74) is 2.79. The molecule has 0 saturated carbocycles. The summed E-state index contributed by atoms with van der Waals surface area (Å²) in [7, 11) is 1.79. The van der Waals surface area contributed by atoms with Gasteiger partial charge in [0.15, 0.2) is 0 Å². The highest BCUT2D eigenvalue weighted by Crippen LogP contribution is 2.19. The molecule has 1 rings (SSSR count). The maximum atomic E-state index is 4.22. The number of aliphatic imine (C=N–C) groups is 2. The van der Waals surface area contributed by atoms with Crippen LogP contribution in [0.15, 0.2) is 33.9 Å². The monoisotopic (exact) mass is 208 g/mol. The number of rotatable bonds is 3. The molecule has 0 unspecified atom stereocenters. The molecule has 1 aliphatic heterocycles. The normalized spacial score (nSPS) is 22.3. The Morgan fingerprint density at radius 1 is 1.57 bits per heavy atom. The van der Waals surface area contributed by atoms with Crippen LogP contribution in [-0.4, -0.2) is 17.6 Å². The van der Waals surface area contributed by atoms with Gasteiger partial charge in [0.1, 0.15) is 5.04 Å². The first-order valence-corrected chi connectivity index (χ1v) is 5.65. The Balaban J connectivity index is 2.52. The summed E-state index contributed by atoms with van der Waals surface area (Å²) in [5, 5.41) is 0.999. The molecule has 0 amide bonds. The zero-order chi connectivity index (χ0) is 10.4. The van der Waals surface area contributed by atoms with Crippen LogP contribution in [0.25, 0.3) is 0 Å². The van der Waals surface area contributed by atoms with Crippen molar-refractivity contribution in [2.24, 2.45) is 15.9 Å². The van der Waals surface area contributed by atoms with Crippen LogP contribution in [0.4, 0.5) is 0 Å². The van der Waals surface area contributed by atoms with Crippen molar-refractivity contribution in [1.82, 2.24) is 0 Å². The lowest BCUT2D eigenvalue weighted by molar-refractivity contribution is 0.664. The summed E-state index contributed by atoms with van der Waals surface area (Å²) in [6.45, 7) is 4.42. The van der Waals surface area contributed by atoms with Crippen LogP contribution in [0.1, 0.15) is 20.3 Å².